The molecule has 0 aliphatic carbocycles. The van der Waals surface area contributed by atoms with E-state index in [4.69, 9.17) is 0 Å². The van der Waals surface area contributed by atoms with Crippen LogP contribution in [0.2, 0.25) is 0 Å². The van der Waals surface area contributed by atoms with Gasteiger partial charge in [-0.1, -0.05) is 0 Å². The fraction of sp³-hybridized carbons (Fsp3) is 0.556. The Morgan fingerprint density at radius 2 is 2.12 bits per heavy atom. The molecule has 0 fully saturated rings. The number of aromatic nitrogens is 2. The molecule has 3 N–H and O–H groups in total. The Labute approximate surface area is 99.7 Å². The maximum atomic E-state index is 11.1. The van der Waals surface area contributed by atoms with Crippen molar-refractivity contribution in [3.8, 4) is 0 Å². The van der Waals surface area contributed by atoms with E-state index < -0.39 is 10.0 Å². The van der Waals surface area contributed by atoms with Crippen LogP contribution in [0.1, 0.15) is 12.2 Å². The van der Waals surface area contributed by atoms with Crippen molar-refractivity contribution < 1.29 is 8.42 Å². The molecule has 1 aromatic heterocycles. The monoisotopic (exact) mass is 260 g/mol. The lowest BCUT2D eigenvalue weighted by Crippen LogP contribution is -2.24. The number of nitrogens with zero attached hydrogens (tertiary/aromatic N) is 1. The number of rotatable bonds is 6. The lowest BCUT2D eigenvalue weighted by molar-refractivity contribution is 0.586. The molecule has 1 heterocycles. The molecule has 0 aliphatic heterocycles. The van der Waals surface area contributed by atoms with Crippen LogP contribution in [0.15, 0.2) is 10.9 Å². The number of aryl methyl sites for hydroxylation is 1. The van der Waals surface area contributed by atoms with Crippen molar-refractivity contribution in [2.75, 3.05) is 24.7 Å². The second-order valence-corrected chi connectivity index (χ2v) is 5.50. The van der Waals surface area contributed by atoms with Gasteiger partial charge in [-0.25, -0.2) is 18.1 Å². The molecule has 0 atom stereocenters. The van der Waals surface area contributed by atoms with Gasteiger partial charge in [0, 0.05) is 19.2 Å². The van der Waals surface area contributed by atoms with Gasteiger partial charge in [-0.2, -0.15) is 0 Å². The summed E-state index contributed by atoms with van der Waals surface area (Å²) in [6.45, 7) is 2.59. The highest BCUT2D eigenvalue weighted by Gasteiger charge is 2.00. The van der Waals surface area contributed by atoms with E-state index in [1.54, 1.807) is 6.92 Å². The van der Waals surface area contributed by atoms with Gasteiger partial charge in [0.1, 0.15) is 11.6 Å². The second kappa shape index (κ2) is 5.78. The molecule has 0 aromatic carbocycles. The van der Waals surface area contributed by atoms with Gasteiger partial charge in [-0.05, 0) is 13.3 Å². The van der Waals surface area contributed by atoms with Gasteiger partial charge in [-0.3, -0.25) is 4.79 Å². The maximum absolute atomic E-state index is 11.1. The van der Waals surface area contributed by atoms with Crippen LogP contribution in [-0.4, -0.2) is 37.7 Å². The van der Waals surface area contributed by atoms with Gasteiger partial charge in [0.25, 0.3) is 5.56 Å². The van der Waals surface area contributed by atoms with E-state index in [0.717, 1.165) is 6.26 Å². The molecule has 0 aliphatic rings. The van der Waals surface area contributed by atoms with Crippen LogP contribution in [0, 0.1) is 6.92 Å². The molecule has 0 bridgehead atoms. The van der Waals surface area contributed by atoms with Crippen molar-refractivity contribution >= 4 is 15.8 Å². The fourth-order valence-electron chi connectivity index (χ4n) is 1.23. The van der Waals surface area contributed by atoms with E-state index >= 15 is 0 Å². The molecule has 0 saturated carbocycles. The van der Waals surface area contributed by atoms with Gasteiger partial charge in [0.15, 0.2) is 0 Å². The minimum absolute atomic E-state index is 0.214. The molecule has 7 nitrogen and oxygen atoms in total. The fourth-order valence-corrected chi connectivity index (χ4v) is 1.75. The van der Waals surface area contributed by atoms with Crippen LogP contribution in [0.5, 0.6) is 0 Å². The third-order valence-corrected chi connectivity index (χ3v) is 2.61. The Kier molecular flexibility index (Phi) is 4.64. The molecular formula is C9H16N4O3S. The summed E-state index contributed by atoms with van der Waals surface area (Å²) >= 11 is 0. The van der Waals surface area contributed by atoms with Crippen molar-refractivity contribution in [1.29, 1.82) is 0 Å². The molecule has 96 valence electrons. The zero-order valence-corrected chi connectivity index (χ0v) is 10.6. The molecule has 0 spiro atoms. The normalized spacial score (nSPS) is 11.4. The van der Waals surface area contributed by atoms with E-state index in [0.29, 0.717) is 31.2 Å². The number of aromatic amines is 1. The zero-order valence-electron chi connectivity index (χ0n) is 9.78. The van der Waals surface area contributed by atoms with Crippen LogP contribution >= 0.6 is 0 Å². The molecule has 0 saturated heterocycles. The van der Waals surface area contributed by atoms with Crippen LogP contribution < -0.4 is 15.6 Å². The second-order valence-electron chi connectivity index (χ2n) is 3.66. The molecular weight excluding hydrogens is 244 g/mol. The van der Waals surface area contributed by atoms with Crippen molar-refractivity contribution in [3.63, 3.8) is 0 Å². The summed E-state index contributed by atoms with van der Waals surface area (Å²) in [7, 11) is -3.13. The van der Waals surface area contributed by atoms with Crippen molar-refractivity contribution in [2.24, 2.45) is 0 Å². The number of nitrogens with one attached hydrogen (secondary N) is 3. The van der Waals surface area contributed by atoms with E-state index in [9.17, 15) is 13.2 Å². The Bertz CT molecular complexity index is 523. The van der Waals surface area contributed by atoms with E-state index in [-0.39, 0.29) is 5.56 Å². The predicted molar refractivity (Wildman–Crippen MR) is 65.5 cm³/mol. The quantitative estimate of drug-likeness (QED) is 0.594. The number of anilines is 1. The molecule has 0 radical (unpaired) electrons. The highest BCUT2D eigenvalue weighted by atomic mass is 32.2. The van der Waals surface area contributed by atoms with Crippen molar-refractivity contribution in [1.82, 2.24) is 14.7 Å². The highest BCUT2D eigenvalue weighted by molar-refractivity contribution is 7.88. The molecule has 1 aromatic rings. The summed E-state index contributed by atoms with van der Waals surface area (Å²) < 4.78 is 23.9. The first-order valence-corrected chi connectivity index (χ1v) is 7.02. The summed E-state index contributed by atoms with van der Waals surface area (Å²) in [5, 5.41) is 2.95. The summed E-state index contributed by atoms with van der Waals surface area (Å²) in [4.78, 5) is 17.7. The average molecular weight is 260 g/mol. The van der Waals surface area contributed by atoms with Gasteiger partial charge >= 0.3 is 0 Å². The standard InChI is InChI=1S/C9H16N4O3S/c1-7-12-8(6-9(14)13-7)10-4-3-5-11-17(2,15)16/h6,11H,3-5H2,1-2H3,(H2,10,12,13,14). The number of hydrogen-bond donors (Lipinski definition) is 3. The Balaban J connectivity index is 2.34. The minimum Gasteiger partial charge on any atom is -0.370 e. The largest absolute Gasteiger partial charge is 0.370 e. The van der Waals surface area contributed by atoms with Crippen molar-refractivity contribution in [3.05, 3.63) is 22.2 Å². The summed E-state index contributed by atoms with van der Waals surface area (Å²) in [6.07, 6.45) is 1.72. The highest BCUT2D eigenvalue weighted by Crippen LogP contribution is 1.97. The summed E-state index contributed by atoms with van der Waals surface area (Å²) in [6, 6.07) is 1.36. The zero-order chi connectivity index (χ0) is 12.9. The van der Waals surface area contributed by atoms with Gasteiger partial charge in [0.05, 0.1) is 6.26 Å². The number of sulfonamides is 1. The third-order valence-electron chi connectivity index (χ3n) is 1.88. The lowest BCUT2D eigenvalue weighted by atomic mass is 10.4. The van der Waals surface area contributed by atoms with Crippen molar-refractivity contribution in [2.45, 2.75) is 13.3 Å². The third kappa shape index (κ3) is 6.03. The Morgan fingerprint density at radius 1 is 1.41 bits per heavy atom. The number of H-pyrrole nitrogens is 1. The molecule has 17 heavy (non-hydrogen) atoms. The van der Waals surface area contributed by atoms with E-state index in [2.05, 4.69) is 20.0 Å². The molecule has 0 unspecified atom stereocenters. The van der Waals surface area contributed by atoms with Crippen LogP contribution in [0.3, 0.4) is 0 Å². The van der Waals surface area contributed by atoms with Gasteiger partial charge in [0.2, 0.25) is 10.0 Å². The average Bonchev–Trinajstić information content (AvgIpc) is 2.13. The Morgan fingerprint density at radius 3 is 2.71 bits per heavy atom. The first kappa shape index (κ1) is 13.7. The summed E-state index contributed by atoms with van der Waals surface area (Å²) in [5.41, 5.74) is -0.214. The smallest absolute Gasteiger partial charge is 0.252 e. The van der Waals surface area contributed by atoms with Gasteiger partial charge < -0.3 is 10.3 Å². The van der Waals surface area contributed by atoms with Crippen LogP contribution in [0.4, 0.5) is 5.82 Å². The molecule has 0 amide bonds. The van der Waals surface area contributed by atoms with Crippen LogP contribution in [-0.2, 0) is 10.0 Å². The van der Waals surface area contributed by atoms with Crippen LogP contribution in [0.25, 0.3) is 0 Å². The number of hydrogen-bond acceptors (Lipinski definition) is 5. The first-order valence-electron chi connectivity index (χ1n) is 5.13. The Hall–Kier alpha value is -1.41. The molecule has 8 heteroatoms. The summed E-state index contributed by atoms with van der Waals surface area (Å²) in [5.74, 6) is 1.03. The van der Waals surface area contributed by atoms with E-state index in [1.165, 1.54) is 6.07 Å². The maximum Gasteiger partial charge on any atom is 0.252 e. The first-order chi connectivity index (χ1) is 7.87. The minimum atomic E-state index is -3.13. The predicted octanol–water partition coefficient (Wildman–Crippen LogP) is -0.570. The molecule has 1 rings (SSSR count). The topological polar surface area (TPSA) is 104 Å². The van der Waals surface area contributed by atoms with Gasteiger partial charge in [-0.15, -0.1) is 0 Å². The SMILES string of the molecule is Cc1nc(NCCCNS(C)(=O)=O)cc(=O)[nH]1. The van der Waals surface area contributed by atoms with E-state index in [1.807, 2.05) is 0 Å². The lowest BCUT2D eigenvalue weighted by Gasteiger charge is -2.05.